The van der Waals surface area contributed by atoms with Gasteiger partial charge in [0.1, 0.15) is 6.61 Å². The van der Waals surface area contributed by atoms with Crippen molar-refractivity contribution >= 4 is 19.8 Å². The van der Waals surface area contributed by atoms with Crippen LogP contribution in [0.3, 0.4) is 0 Å². The highest BCUT2D eigenvalue weighted by Gasteiger charge is 2.26. The molecule has 0 aliphatic carbocycles. The second kappa shape index (κ2) is 70.5. The van der Waals surface area contributed by atoms with Gasteiger partial charge in [-0.25, -0.2) is 4.57 Å². The van der Waals surface area contributed by atoms with Gasteiger partial charge in [0, 0.05) is 19.4 Å². The number of carbonyl (C=O) groups excluding carboxylic acids is 2. The number of ether oxygens (including phenoxy) is 2. The largest absolute Gasteiger partial charge is 0.472 e. The fraction of sp³-hybridized carbons (Fsp3) is 0.610. The van der Waals surface area contributed by atoms with Gasteiger partial charge in [0.25, 0.3) is 0 Å². The lowest BCUT2D eigenvalue weighted by atomic mass is 10.0. The molecule has 0 aliphatic rings. The molecule has 0 saturated heterocycles. The fourth-order valence-corrected chi connectivity index (χ4v) is 9.83. The summed E-state index contributed by atoms with van der Waals surface area (Å²) in [6, 6.07) is 0. The summed E-state index contributed by atoms with van der Waals surface area (Å²) in [4.78, 5) is 35.3. The molecule has 0 fully saturated rings. The Morgan fingerprint density at radius 1 is 0.345 bits per heavy atom. The summed E-state index contributed by atoms with van der Waals surface area (Å²) in [5, 5.41) is 0. The minimum absolute atomic E-state index is 0.0450. The van der Waals surface area contributed by atoms with Crippen molar-refractivity contribution in [2.75, 3.05) is 26.4 Å². The number of carbonyl (C=O) groups is 2. The molecule has 0 aromatic rings. The van der Waals surface area contributed by atoms with Crippen molar-refractivity contribution in [2.45, 2.75) is 277 Å². The zero-order valence-corrected chi connectivity index (χ0v) is 56.1. The van der Waals surface area contributed by atoms with Gasteiger partial charge < -0.3 is 20.1 Å². The zero-order valence-electron chi connectivity index (χ0n) is 55.2. The molecular weight excluding hydrogens is 1100 g/mol. The third kappa shape index (κ3) is 70.3. The molecule has 0 spiro atoms. The van der Waals surface area contributed by atoms with Crippen LogP contribution >= 0.6 is 7.82 Å². The molecule has 3 N–H and O–H groups in total. The van der Waals surface area contributed by atoms with E-state index in [-0.39, 0.29) is 32.6 Å². The third-order valence-corrected chi connectivity index (χ3v) is 15.1. The molecule has 0 aliphatic heterocycles. The second-order valence-corrected chi connectivity index (χ2v) is 23.7. The van der Waals surface area contributed by atoms with E-state index in [1.165, 1.54) is 96.3 Å². The average Bonchev–Trinajstić information content (AvgIpc) is 3.65. The highest BCUT2D eigenvalue weighted by Crippen LogP contribution is 2.43. The van der Waals surface area contributed by atoms with Gasteiger partial charge in [-0.15, -0.1) is 0 Å². The number of phosphoric acid groups is 1. The van der Waals surface area contributed by atoms with Gasteiger partial charge in [0.15, 0.2) is 6.10 Å². The molecule has 0 bridgehead atoms. The van der Waals surface area contributed by atoms with Gasteiger partial charge >= 0.3 is 19.8 Å². The summed E-state index contributed by atoms with van der Waals surface area (Å²) in [5.74, 6) is -0.842. The summed E-state index contributed by atoms with van der Waals surface area (Å²) >= 11 is 0. The Hall–Kier alpha value is -4.63. The summed E-state index contributed by atoms with van der Waals surface area (Å²) < 4.78 is 33.2. The van der Waals surface area contributed by atoms with Crippen molar-refractivity contribution in [3.8, 4) is 0 Å². The van der Waals surface area contributed by atoms with Gasteiger partial charge in [-0.2, -0.15) is 0 Å². The molecule has 10 heteroatoms. The van der Waals surface area contributed by atoms with Crippen LogP contribution in [0.5, 0.6) is 0 Å². The summed E-state index contributed by atoms with van der Waals surface area (Å²) in [6.07, 6.45) is 104. The molecule has 0 aromatic heterocycles. The molecule has 0 amide bonds. The molecule has 492 valence electrons. The van der Waals surface area contributed by atoms with E-state index in [9.17, 15) is 19.0 Å². The number of esters is 2. The Morgan fingerprint density at radius 2 is 0.598 bits per heavy atom. The summed E-state index contributed by atoms with van der Waals surface area (Å²) in [5.41, 5.74) is 5.40. The highest BCUT2D eigenvalue weighted by molar-refractivity contribution is 7.47. The van der Waals surface area contributed by atoms with Crippen LogP contribution in [0.25, 0.3) is 0 Å². The number of unbranched alkanes of at least 4 members (excludes halogenated alkanes) is 22. The van der Waals surface area contributed by atoms with E-state index in [1.807, 2.05) is 0 Å². The van der Waals surface area contributed by atoms with Gasteiger partial charge in [0.2, 0.25) is 0 Å². The molecule has 0 rings (SSSR count). The SMILES string of the molecule is CC/C=C\C/C=C\C/C=C\C/C=C\C/C=C\C/C=C\C/C=C\C/C=C\C/C=C\CCCCCCCCCCCCCCCC(=O)OC(COC(=O)CCCCCCCCCCC/C=C\C/C=C\C/C=C\C/C=C\C/C=C\CC)COP(=O)(O)OCCN. The normalized spacial score (nSPS) is 14.0. The Bertz CT molecular complexity index is 2030. The maximum Gasteiger partial charge on any atom is 0.472 e. The predicted octanol–water partition coefficient (Wildman–Crippen LogP) is 23.0. The van der Waals surface area contributed by atoms with Crippen molar-refractivity contribution in [2.24, 2.45) is 5.73 Å². The van der Waals surface area contributed by atoms with Gasteiger partial charge in [0.05, 0.1) is 13.2 Å². The molecule has 0 aromatic carbocycles. The van der Waals surface area contributed by atoms with E-state index >= 15 is 0 Å². The Labute approximate surface area is 533 Å². The van der Waals surface area contributed by atoms with E-state index in [1.54, 1.807) is 0 Å². The first-order valence-electron chi connectivity index (χ1n) is 34.6. The van der Waals surface area contributed by atoms with Gasteiger partial charge in [-0.05, 0) is 128 Å². The van der Waals surface area contributed by atoms with Crippen LogP contribution in [0, 0.1) is 0 Å². The van der Waals surface area contributed by atoms with E-state index in [0.29, 0.717) is 6.42 Å². The molecule has 87 heavy (non-hydrogen) atoms. The minimum atomic E-state index is -4.41. The number of rotatable bonds is 63. The van der Waals surface area contributed by atoms with Crippen molar-refractivity contribution in [3.63, 3.8) is 0 Å². The molecule has 0 saturated carbocycles. The fourth-order valence-electron chi connectivity index (χ4n) is 9.07. The molecule has 2 unspecified atom stereocenters. The summed E-state index contributed by atoms with van der Waals surface area (Å²) in [6.45, 7) is 3.51. The highest BCUT2D eigenvalue weighted by atomic mass is 31.2. The minimum Gasteiger partial charge on any atom is -0.462 e. The zero-order chi connectivity index (χ0) is 63.0. The molecule has 9 nitrogen and oxygen atoms in total. The first-order chi connectivity index (χ1) is 42.8. The standard InChI is InChI=1S/C77H126NO8P/c1-3-5-7-9-11-13-15-17-19-21-23-25-27-29-30-31-32-33-34-35-36-37-38-39-40-41-42-43-44-46-48-50-52-54-56-58-60-62-64-66-68-70-77(80)86-75(74-85-87(81,82)84-72-71-78)73-83-76(79)69-67-65-63-61-59-57-55-53-51-49-47-45-28-26-24-22-20-18-16-14-12-10-8-6-4-2/h5-8,11-14,17-20,23-26,29-30,32-33,35-36,38-39,41-42,45,47,75H,3-4,9-10,15-16,21-22,27-28,31,34,37,40,43-44,46,48-74,78H2,1-2H3,(H,81,82)/b7-5-,8-6-,13-11-,14-12-,19-17-,20-18-,25-23-,26-24-,30-29-,33-32-,36-35-,39-38-,42-41-,47-45-. The maximum absolute atomic E-state index is 12.8. The van der Waals surface area contributed by atoms with Gasteiger partial charge in [-0.3, -0.25) is 18.6 Å². The van der Waals surface area contributed by atoms with E-state index in [0.717, 1.165) is 141 Å². The smallest absolute Gasteiger partial charge is 0.462 e. The van der Waals surface area contributed by atoms with Crippen molar-refractivity contribution in [1.82, 2.24) is 0 Å². The third-order valence-electron chi connectivity index (χ3n) is 14.1. The monoisotopic (exact) mass is 1220 g/mol. The van der Waals surface area contributed by atoms with Crippen LogP contribution in [0.4, 0.5) is 0 Å². The lowest BCUT2D eigenvalue weighted by Crippen LogP contribution is -2.29. The maximum atomic E-state index is 12.8. The number of nitrogens with two attached hydrogens (primary N) is 1. The lowest BCUT2D eigenvalue weighted by Gasteiger charge is -2.19. The van der Waals surface area contributed by atoms with Crippen LogP contribution in [-0.2, 0) is 32.7 Å². The number of hydrogen-bond donors (Lipinski definition) is 2. The topological polar surface area (TPSA) is 134 Å². The molecule has 0 heterocycles. The van der Waals surface area contributed by atoms with E-state index < -0.39 is 32.5 Å². The van der Waals surface area contributed by atoms with Crippen LogP contribution < -0.4 is 5.73 Å². The Morgan fingerprint density at radius 3 is 0.885 bits per heavy atom. The van der Waals surface area contributed by atoms with Crippen LogP contribution in [0.1, 0.15) is 271 Å². The van der Waals surface area contributed by atoms with Crippen molar-refractivity contribution in [1.29, 1.82) is 0 Å². The quantitative estimate of drug-likeness (QED) is 0.0264. The first-order valence-corrected chi connectivity index (χ1v) is 36.1. The Kier molecular flexibility index (Phi) is 66.7. The van der Waals surface area contributed by atoms with Crippen molar-refractivity contribution < 1.29 is 37.6 Å². The molecular formula is C77H126NO8P. The predicted molar refractivity (Wildman–Crippen MR) is 376 cm³/mol. The van der Waals surface area contributed by atoms with Crippen LogP contribution in [-0.4, -0.2) is 49.3 Å². The average molecular weight is 1220 g/mol. The van der Waals surface area contributed by atoms with E-state index in [4.69, 9.17) is 24.3 Å². The van der Waals surface area contributed by atoms with Crippen LogP contribution in [0.15, 0.2) is 170 Å². The second-order valence-electron chi connectivity index (χ2n) is 22.3. The van der Waals surface area contributed by atoms with E-state index in [2.05, 4.69) is 184 Å². The molecule has 2 atom stereocenters. The first kappa shape index (κ1) is 82.4. The Balaban J connectivity index is 3.94. The van der Waals surface area contributed by atoms with Crippen LogP contribution in [0.2, 0.25) is 0 Å². The molecule has 0 radical (unpaired) electrons. The lowest BCUT2D eigenvalue weighted by molar-refractivity contribution is -0.161. The number of phosphoric ester groups is 1. The van der Waals surface area contributed by atoms with Gasteiger partial charge in [-0.1, -0.05) is 300 Å². The summed E-state index contributed by atoms with van der Waals surface area (Å²) in [7, 11) is -4.41. The van der Waals surface area contributed by atoms with Crippen molar-refractivity contribution in [3.05, 3.63) is 170 Å². The number of allylic oxidation sites excluding steroid dienone is 28. The number of hydrogen-bond acceptors (Lipinski definition) is 8.